The molecular weight excluding hydrogens is 252 g/mol. The van der Waals surface area contributed by atoms with Gasteiger partial charge in [0.05, 0.1) is 6.10 Å². The fourth-order valence-electron chi connectivity index (χ4n) is 2.64. The first-order valence-corrected chi connectivity index (χ1v) is 7.24. The standard InChI is InChI=1S/C16H22N2O2/c1-2-16-14(6-8-20-16)12-18-11-13-4-3-5-15(10-13)19-9-7-17/h3-5,10,14,16,18H,2,6,8-9,11-12H2,1H3. The summed E-state index contributed by atoms with van der Waals surface area (Å²) in [6.07, 6.45) is 2.65. The highest BCUT2D eigenvalue weighted by Crippen LogP contribution is 2.22. The van der Waals surface area contributed by atoms with E-state index in [0.717, 1.165) is 38.3 Å². The lowest BCUT2D eigenvalue weighted by molar-refractivity contribution is 0.0872. The third-order valence-electron chi connectivity index (χ3n) is 3.69. The van der Waals surface area contributed by atoms with E-state index >= 15 is 0 Å². The van der Waals surface area contributed by atoms with Crippen LogP contribution >= 0.6 is 0 Å². The molecule has 1 saturated heterocycles. The number of ether oxygens (including phenoxy) is 2. The zero-order chi connectivity index (χ0) is 14.2. The molecule has 0 aromatic heterocycles. The summed E-state index contributed by atoms with van der Waals surface area (Å²) in [4.78, 5) is 0. The van der Waals surface area contributed by atoms with Gasteiger partial charge in [-0.25, -0.2) is 0 Å². The molecule has 1 fully saturated rings. The maximum Gasteiger partial charge on any atom is 0.174 e. The summed E-state index contributed by atoms with van der Waals surface area (Å²) >= 11 is 0. The highest BCUT2D eigenvalue weighted by molar-refractivity contribution is 5.28. The van der Waals surface area contributed by atoms with Crippen molar-refractivity contribution >= 4 is 0 Å². The van der Waals surface area contributed by atoms with Crippen molar-refractivity contribution in [1.82, 2.24) is 5.32 Å². The predicted octanol–water partition coefficient (Wildman–Crippen LogP) is 2.49. The number of benzene rings is 1. The lowest BCUT2D eigenvalue weighted by Gasteiger charge is -2.17. The first-order chi connectivity index (χ1) is 9.83. The van der Waals surface area contributed by atoms with Crippen LogP contribution in [0.5, 0.6) is 5.75 Å². The molecule has 2 rings (SSSR count). The van der Waals surface area contributed by atoms with E-state index in [-0.39, 0.29) is 6.61 Å². The Bertz CT molecular complexity index is 456. The van der Waals surface area contributed by atoms with Crippen molar-refractivity contribution < 1.29 is 9.47 Å². The van der Waals surface area contributed by atoms with Crippen LogP contribution in [0.15, 0.2) is 24.3 Å². The Morgan fingerprint density at radius 2 is 2.40 bits per heavy atom. The van der Waals surface area contributed by atoms with Gasteiger partial charge >= 0.3 is 0 Å². The van der Waals surface area contributed by atoms with E-state index in [1.807, 2.05) is 24.3 Å². The smallest absolute Gasteiger partial charge is 0.174 e. The molecular formula is C16H22N2O2. The minimum absolute atomic E-state index is 0.0917. The molecule has 1 aliphatic rings. The van der Waals surface area contributed by atoms with Crippen molar-refractivity contribution in [2.24, 2.45) is 5.92 Å². The summed E-state index contributed by atoms with van der Waals surface area (Å²) in [5.41, 5.74) is 1.17. The number of nitrogens with zero attached hydrogens (tertiary/aromatic N) is 1. The lowest BCUT2D eigenvalue weighted by atomic mass is 9.99. The average Bonchev–Trinajstić information content (AvgIpc) is 2.93. The summed E-state index contributed by atoms with van der Waals surface area (Å²) in [7, 11) is 0. The van der Waals surface area contributed by atoms with E-state index in [9.17, 15) is 0 Å². The summed E-state index contributed by atoms with van der Waals surface area (Å²) in [6, 6.07) is 9.85. The Kier molecular flexibility index (Phi) is 5.85. The maximum absolute atomic E-state index is 8.51. The van der Waals surface area contributed by atoms with E-state index < -0.39 is 0 Å². The largest absolute Gasteiger partial charge is 0.479 e. The zero-order valence-corrected chi connectivity index (χ0v) is 12.0. The predicted molar refractivity (Wildman–Crippen MR) is 77.4 cm³/mol. The van der Waals surface area contributed by atoms with Crippen molar-refractivity contribution in [2.45, 2.75) is 32.4 Å². The van der Waals surface area contributed by atoms with Gasteiger partial charge in [0.15, 0.2) is 6.61 Å². The SMILES string of the molecule is CCC1OCCC1CNCc1cccc(OCC#N)c1. The molecule has 0 amide bonds. The molecule has 108 valence electrons. The first kappa shape index (κ1) is 14.8. The second-order valence-corrected chi connectivity index (χ2v) is 5.09. The molecule has 4 nitrogen and oxygen atoms in total. The van der Waals surface area contributed by atoms with Gasteiger partial charge in [-0.2, -0.15) is 5.26 Å². The highest BCUT2D eigenvalue weighted by atomic mass is 16.5. The topological polar surface area (TPSA) is 54.3 Å². The second-order valence-electron chi connectivity index (χ2n) is 5.09. The van der Waals surface area contributed by atoms with E-state index in [0.29, 0.717) is 12.0 Å². The number of hydrogen-bond acceptors (Lipinski definition) is 4. The van der Waals surface area contributed by atoms with E-state index in [2.05, 4.69) is 18.3 Å². The Balaban J connectivity index is 1.77. The van der Waals surface area contributed by atoms with Crippen LogP contribution in [0.4, 0.5) is 0 Å². The van der Waals surface area contributed by atoms with Gasteiger partial charge in [0.1, 0.15) is 11.8 Å². The van der Waals surface area contributed by atoms with Crippen LogP contribution in [-0.2, 0) is 11.3 Å². The van der Waals surface area contributed by atoms with Crippen LogP contribution in [0.2, 0.25) is 0 Å². The molecule has 1 heterocycles. The van der Waals surface area contributed by atoms with Crippen LogP contribution in [0.1, 0.15) is 25.3 Å². The molecule has 1 N–H and O–H groups in total. The molecule has 1 aromatic rings. The van der Waals surface area contributed by atoms with Crippen molar-refractivity contribution in [3.8, 4) is 11.8 Å². The van der Waals surface area contributed by atoms with Crippen LogP contribution < -0.4 is 10.1 Å². The van der Waals surface area contributed by atoms with Crippen molar-refractivity contribution in [3.05, 3.63) is 29.8 Å². The number of nitrogens with one attached hydrogen (secondary N) is 1. The van der Waals surface area contributed by atoms with Crippen LogP contribution in [0.25, 0.3) is 0 Å². The van der Waals surface area contributed by atoms with Crippen LogP contribution in [0.3, 0.4) is 0 Å². The van der Waals surface area contributed by atoms with Gasteiger partial charge in [0.2, 0.25) is 0 Å². The molecule has 0 saturated carbocycles. The molecule has 1 aliphatic heterocycles. The number of rotatable bonds is 7. The normalized spacial score (nSPS) is 21.6. The van der Waals surface area contributed by atoms with E-state index in [1.54, 1.807) is 0 Å². The van der Waals surface area contributed by atoms with Gasteiger partial charge in [0, 0.05) is 19.7 Å². The van der Waals surface area contributed by atoms with Crippen molar-refractivity contribution in [2.75, 3.05) is 19.8 Å². The molecule has 1 aromatic carbocycles. The van der Waals surface area contributed by atoms with Gasteiger partial charge in [0.25, 0.3) is 0 Å². The van der Waals surface area contributed by atoms with Gasteiger partial charge < -0.3 is 14.8 Å². The summed E-state index contributed by atoms with van der Waals surface area (Å²) < 4.78 is 11.0. The zero-order valence-electron chi connectivity index (χ0n) is 12.0. The minimum Gasteiger partial charge on any atom is -0.479 e. The Morgan fingerprint density at radius 1 is 1.50 bits per heavy atom. The first-order valence-electron chi connectivity index (χ1n) is 7.24. The van der Waals surface area contributed by atoms with Gasteiger partial charge in [-0.05, 0) is 36.5 Å². The fraction of sp³-hybridized carbons (Fsp3) is 0.562. The average molecular weight is 274 g/mol. The molecule has 2 atom stereocenters. The summed E-state index contributed by atoms with van der Waals surface area (Å²) in [5.74, 6) is 1.37. The quantitative estimate of drug-likeness (QED) is 0.830. The highest BCUT2D eigenvalue weighted by Gasteiger charge is 2.25. The molecule has 0 bridgehead atoms. The third-order valence-corrected chi connectivity index (χ3v) is 3.69. The van der Waals surface area contributed by atoms with Gasteiger partial charge in [-0.1, -0.05) is 19.1 Å². The molecule has 0 radical (unpaired) electrons. The lowest BCUT2D eigenvalue weighted by Crippen LogP contribution is -2.27. The van der Waals surface area contributed by atoms with Crippen molar-refractivity contribution in [1.29, 1.82) is 5.26 Å². The van der Waals surface area contributed by atoms with Gasteiger partial charge in [-0.3, -0.25) is 0 Å². The minimum atomic E-state index is 0.0917. The van der Waals surface area contributed by atoms with E-state index in [4.69, 9.17) is 14.7 Å². The Labute approximate surface area is 120 Å². The maximum atomic E-state index is 8.51. The number of hydrogen-bond donors (Lipinski definition) is 1. The van der Waals surface area contributed by atoms with Crippen LogP contribution in [-0.4, -0.2) is 25.9 Å². The Hall–Kier alpha value is -1.57. The molecule has 2 unspecified atom stereocenters. The van der Waals surface area contributed by atoms with Crippen molar-refractivity contribution in [3.63, 3.8) is 0 Å². The fourth-order valence-corrected chi connectivity index (χ4v) is 2.64. The molecule has 0 aliphatic carbocycles. The molecule has 20 heavy (non-hydrogen) atoms. The summed E-state index contributed by atoms with van der Waals surface area (Å²) in [6.45, 7) is 4.97. The Morgan fingerprint density at radius 3 is 3.20 bits per heavy atom. The molecule has 4 heteroatoms. The molecule has 0 spiro atoms. The summed E-state index contributed by atoms with van der Waals surface area (Å²) in [5, 5.41) is 12.0. The van der Waals surface area contributed by atoms with Gasteiger partial charge in [-0.15, -0.1) is 0 Å². The third kappa shape index (κ3) is 4.22. The van der Waals surface area contributed by atoms with E-state index in [1.165, 1.54) is 5.56 Å². The number of nitriles is 1. The van der Waals surface area contributed by atoms with Crippen LogP contribution in [0, 0.1) is 17.2 Å². The monoisotopic (exact) mass is 274 g/mol. The second kappa shape index (κ2) is 7.88.